The summed E-state index contributed by atoms with van der Waals surface area (Å²) in [5.74, 6) is 1.02. The van der Waals surface area contributed by atoms with Crippen molar-refractivity contribution in [2.45, 2.75) is 46.7 Å². The molecule has 134 valence electrons. The van der Waals surface area contributed by atoms with Gasteiger partial charge >= 0.3 is 0 Å². The fourth-order valence-electron chi connectivity index (χ4n) is 2.36. The normalized spacial score (nSPS) is 12.5. The highest BCUT2D eigenvalue weighted by Crippen LogP contribution is 2.25. The smallest absolute Gasteiger partial charge is 0.247 e. The van der Waals surface area contributed by atoms with Crippen LogP contribution in [-0.2, 0) is 0 Å². The molecule has 2 aromatic rings. The van der Waals surface area contributed by atoms with Crippen LogP contribution < -0.4 is 10.1 Å². The van der Waals surface area contributed by atoms with Crippen LogP contribution in [0.1, 0.15) is 40.7 Å². The highest BCUT2D eigenvalue weighted by atomic mass is 16.5. The van der Waals surface area contributed by atoms with E-state index in [-0.39, 0.29) is 12.1 Å². The van der Waals surface area contributed by atoms with Crippen LogP contribution in [0.2, 0.25) is 0 Å². The van der Waals surface area contributed by atoms with Crippen LogP contribution in [0.15, 0.2) is 42.8 Å². The van der Waals surface area contributed by atoms with Crippen molar-refractivity contribution in [2.24, 2.45) is 0 Å². The number of nitrogens with zero attached hydrogens (tertiary/aromatic N) is 4. The number of nitrogens with one attached hydrogen (secondary N) is 1. The van der Waals surface area contributed by atoms with Crippen molar-refractivity contribution in [3.8, 4) is 5.88 Å². The zero-order chi connectivity index (χ0) is 18.4. The standard InChI is InChI=1S/C19H27N5O/c1-7-9-15(10-8-2)11-25-18-16-17(24(12-20-16)14(5)6)22-19(23-18)21-13(3)4/h7-10,12-14H,1,11H2,2-6H3,(H,21,22,23)/b10-8-,15-9+. The molecule has 25 heavy (non-hydrogen) atoms. The number of aromatic nitrogens is 4. The number of rotatable bonds is 8. The third-order valence-electron chi connectivity index (χ3n) is 3.45. The number of hydrogen-bond donors (Lipinski definition) is 1. The molecule has 6 nitrogen and oxygen atoms in total. The maximum absolute atomic E-state index is 5.97. The number of imidazole rings is 1. The average Bonchev–Trinajstić information content (AvgIpc) is 2.96. The second-order valence-electron chi connectivity index (χ2n) is 6.34. The third-order valence-corrected chi connectivity index (χ3v) is 3.45. The van der Waals surface area contributed by atoms with Crippen LogP contribution in [0.5, 0.6) is 5.88 Å². The maximum atomic E-state index is 5.97. The van der Waals surface area contributed by atoms with Crippen molar-refractivity contribution in [1.82, 2.24) is 19.5 Å². The monoisotopic (exact) mass is 341 g/mol. The van der Waals surface area contributed by atoms with Gasteiger partial charge in [-0.15, -0.1) is 0 Å². The van der Waals surface area contributed by atoms with Crippen LogP contribution in [0.4, 0.5) is 5.95 Å². The first-order valence-electron chi connectivity index (χ1n) is 8.54. The van der Waals surface area contributed by atoms with Crippen LogP contribution in [-0.4, -0.2) is 32.2 Å². The number of fused-ring (bicyclic) bond motifs is 1. The van der Waals surface area contributed by atoms with Gasteiger partial charge in [-0.2, -0.15) is 9.97 Å². The zero-order valence-electron chi connectivity index (χ0n) is 15.7. The van der Waals surface area contributed by atoms with E-state index in [1.54, 1.807) is 12.4 Å². The van der Waals surface area contributed by atoms with Gasteiger partial charge in [0.2, 0.25) is 11.8 Å². The van der Waals surface area contributed by atoms with Gasteiger partial charge in [-0.3, -0.25) is 0 Å². The molecule has 0 saturated heterocycles. The summed E-state index contributed by atoms with van der Waals surface area (Å²) in [4.78, 5) is 13.6. The second-order valence-corrected chi connectivity index (χ2v) is 6.34. The molecule has 0 aromatic carbocycles. The average molecular weight is 341 g/mol. The Bertz CT molecular complexity index is 786. The van der Waals surface area contributed by atoms with E-state index in [4.69, 9.17) is 4.74 Å². The van der Waals surface area contributed by atoms with Gasteiger partial charge in [0.25, 0.3) is 0 Å². The Morgan fingerprint density at radius 2 is 2.08 bits per heavy atom. The summed E-state index contributed by atoms with van der Waals surface area (Å²) in [6.45, 7) is 14.4. The lowest BCUT2D eigenvalue weighted by Crippen LogP contribution is -2.14. The Morgan fingerprint density at radius 3 is 2.68 bits per heavy atom. The van der Waals surface area contributed by atoms with E-state index >= 15 is 0 Å². The van der Waals surface area contributed by atoms with E-state index in [9.17, 15) is 0 Å². The highest BCUT2D eigenvalue weighted by Gasteiger charge is 2.16. The number of ether oxygens (including phenoxy) is 1. The maximum Gasteiger partial charge on any atom is 0.247 e. The summed E-state index contributed by atoms with van der Waals surface area (Å²) >= 11 is 0. The molecule has 0 bridgehead atoms. The first-order chi connectivity index (χ1) is 12.0. The van der Waals surface area contributed by atoms with Crippen LogP contribution >= 0.6 is 0 Å². The van der Waals surface area contributed by atoms with E-state index in [2.05, 4.69) is 40.7 Å². The summed E-state index contributed by atoms with van der Waals surface area (Å²) in [5.41, 5.74) is 2.44. The Hall–Kier alpha value is -2.63. The number of anilines is 1. The molecular weight excluding hydrogens is 314 g/mol. The molecule has 0 spiro atoms. The minimum atomic E-state index is 0.222. The van der Waals surface area contributed by atoms with Crippen LogP contribution in [0.25, 0.3) is 11.2 Å². The predicted octanol–water partition coefficient (Wildman–Crippen LogP) is 4.29. The molecule has 1 N–H and O–H groups in total. The molecule has 0 atom stereocenters. The molecule has 0 radical (unpaired) electrons. The van der Waals surface area contributed by atoms with Crippen molar-refractivity contribution < 1.29 is 4.74 Å². The van der Waals surface area contributed by atoms with Crippen molar-refractivity contribution in [2.75, 3.05) is 11.9 Å². The molecule has 6 heteroatoms. The van der Waals surface area contributed by atoms with Crippen LogP contribution in [0.3, 0.4) is 0 Å². The van der Waals surface area contributed by atoms with Crippen molar-refractivity contribution in [1.29, 1.82) is 0 Å². The molecule has 0 aliphatic heterocycles. The summed E-state index contributed by atoms with van der Waals surface area (Å²) in [6.07, 6.45) is 9.39. The summed E-state index contributed by atoms with van der Waals surface area (Å²) < 4.78 is 7.98. The molecule has 0 fully saturated rings. The minimum Gasteiger partial charge on any atom is -0.471 e. The third kappa shape index (κ3) is 4.68. The molecule has 0 aliphatic carbocycles. The van der Waals surface area contributed by atoms with Crippen LogP contribution in [0, 0.1) is 0 Å². The summed E-state index contributed by atoms with van der Waals surface area (Å²) in [7, 11) is 0. The lowest BCUT2D eigenvalue weighted by Gasteiger charge is -2.13. The lowest BCUT2D eigenvalue weighted by molar-refractivity contribution is 0.345. The molecule has 2 heterocycles. The van der Waals surface area contributed by atoms with Crippen molar-refractivity contribution >= 4 is 17.1 Å². The molecule has 0 saturated carbocycles. The number of allylic oxidation sites excluding steroid dienone is 3. The topological polar surface area (TPSA) is 64.9 Å². The van der Waals surface area contributed by atoms with E-state index in [1.165, 1.54) is 0 Å². The van der Waals surface area contributed by atoms with Gasteiger partial charge in [0.15, 0.2) is 11.2 Å². The molecule has 0 amide bonds. The van der Waals surface area contributed by atoms with E-state index in [1.807, 2.05) is 43.6 Å². The lowest BCUT2D eigenvalue weighted by atomic mass is 10.2. The van der Waals surface area contributed by atoms with Crippen molar-refractivity contribution in [3.63, 3.8) is 0 Å². The Labute approximate surface area is 149 Å². The largest absolute Gasteiger partial charge is 0.471 e. The van der Waals surface area contributed by atoms with Crippen molar-refractivity contribution in [3.05, 3.63) is 42.8 Å². The molecule has 0 unspecified atom stereocenters. The van der Waals surface area contributed by atoms with E-state index in [0.29, 0.717) is 24.0 Å². The van der Waals surface area contributed by atoms with Gasteiger partial charge in [0, 0.05) is 12.1 Å². The van der Waals surface area contributed by atoms with E-state index < -0.39 is 0 Å². The van der Waals surface area contributed by atoms with Gasteiger partial charge in [0.1, 0.15) is 6.61 Å². The fourth-order valence-corrected chi connectivity index (χ4v) is 2.36. The van der Waals surface area contributed by atoms with Gasteiger partial charge in [-0.05, 0) is 40.2 Å². The van der Waals surface area contributed by atoms with Gasteiger partial charge in [0.05, 0.1) is 6.33 Å². The fraction of sp³-hybridized carbons (Fsp3) is 0.421. The Balaban J connectivity index is 2.42. The minimum absolute atomic E-state index is 0.222. The molecule has 2 aromatic heterocycles. The molecular formula is C19H27N5O. The quantitative estimate of drug-likeness (QED) is 0.725. The Kier molecular flexibility index (Phi) is 6.33. The molecule has 2 rings (SSSR count). The summed E-state index contributed by atoms with van der Waals surface area (Å²) in [6, 6.07) is 0.471. The highest BCUT2D eigenvalue weighted by molar-refractivity contribution is 5.78. The van der Waals surface area contributed by atoms with Gasteiger partial charge < -0.3 is 14.6 Å². The van der Waals surface area contributed by atoms with Gasteiger partial charge in [-0.25, -0.2) is 4.98 Å². The number of hydrogen-bond acceptors (Lipinski definition) is 5. The van der Waals surface area contributed by atoms with Gasteiger partial charge in [-0.1, -0.05) is 30.9 Å². The predicted molar refractivity (Wildman–Crippen MR) is 103 cm³/mol. The summed E-state index contributed by atoms with van der Waals surface area (Å²) in [5, 5.41) is 3.24. The van der Waals surface area contributed by atoms with E-state index in [0.717, 1.165) is 11.2 Å². The first-order valence-corrected chi connectivity index (χ1v) is 8.54. The second kappa shape index (κ2) is 8.46. The molecule has 0 aliphatic rings. The first kappa shape index (κ1) is 18.7. The zero-order valence-corrected chi connectivity index (χ0v) is 15.7. The Morgan fingerprint density at radius 1 is 1.32 bits per heavy atom. The SMILES string of the molecule is C=C/C=C(\C=C/C)COc1nc(NC(C)C)nc2c1ncn2C(C)C.